The Balaban J connectivity index is 1.12. The molecule has 72 heavy (non-hydrogen) atoms. The maximum Gasteiger partial charge on any atom is 0.165 e. The van der Waals surface area contributed by atoms with E-state index in [-0.39, 0.29) is 17.4 Å². The molecule has 0 spiro atoms. The lowest BCUT2D eigenvalue weighted by molar-refractivity contribution is -0.0428. The number of aliphatic hydroxyl groups is 1. The SMILES string of the molecule is CCCCC1CC23CC(CCCC)C(CCCC)CC2(CC1CCCC)c1cc(-c2ccc(-c4nc(-c5ccc(CO)cc5)nc(-c5ccc(OC)cc5)n4)cn2)ccc1-c1ccc(-c2ccccc2)cc13. The van der Waals surface area contributed by atoms with E-state index in [0.29, 0.717) is 17.5 Å². The van der Waals surface area contributed by atoms with Gasteiger partial charge in [0.15, 0.2) is 17.5 Å². The van der Waals surface area contributed by atoms with Gasteiger partial charge in [0.1, 0.15) is 5.75 Å². The van der Waals surface area contributed by atoms with E-state index < -0.39 is 0 Å². The second kappa shape index (κ2) is 22.0. The van der Waals surface area contributed by atoms with E-state index in [1.807, 2.05) is 54.7 Å². The molecule has 6 nitrogen and oxygen atoms in total. The van der Waals surface area contributed by atoms with E-state index in [0.717, 1.165) is 57.4 Å². The molecule has 4 unspecified atom stereocenters. The van der Waals surface area contributed by atoms with Crippen LogP contribution in [0.5, 0.6) is 5.75 Å². The summed E-state index contributed by atoms with van der Waals surface area (Å²) >= 11 is 0. The molecule has 10 rings (SSSR count). The standard InChI is InChI=1S/C66H76N4O2/c1-6-10-17-51-39-65-40-52(18-11-7-2)54(20-13-9-4)42-66(65,41-53(51)19-12-8-3)60-38-50(30-35-58(60)57-34-29-49(37-59(57)65)46-21-15-14-16-22-46)61-36-31-55(43-67-61)64-69-62(47-25-23-45(44-71)24-26-47)68-63(70-64)48-27-32-56(72-5)33-28-48/h14-16,21-38,43,51-54,71H,6-13,17-20,39-42,44H2,1-5H3. The van der Waals surface area contributed by atoms with Crippen LogP contribution >= 0.6 is 0 Å². The summed E-state index contributed by atoms with van der Waals surface area (Å²) in [6.45, 7) is 9.56. The molecule has 0 saturated heterocycles. The van der Waals surface area contributed by atoms with Crippen molar-refractivity contribution >= 4 is 0 Å². The van der Waals surface area contributed by atoms with Gasteiger partial charge >= 0.3 is 0 Å². The van der Waals surface area contributed by atoms with Gasteiger partial charge in [0, 0.05) is 39.3 Å². The van der Waals surface area contributed by atoms with Gasteiger partial charge in [0.25, 0.3) is 0 Å². The molecule has 372 valence electrons. The number of pyridine rings is 1. The van der Waals surface area contributed by atoms with Crippen LogP contribution in [0, 0.1) is 23.7 Å². The number of methoxy groups -OCH3 is 1. The molecule has 2 fully saturated rings. The molecule has 4 atom stereocenters. The first-order valence-corrected chi connectivity index (χ1v) is 27.8. The summed E-state index contributed by atoms with van der Waals surface area (Å²) in [4.78, 5) is 20.3. The first kappa shape index (κ1) is 49.6. The fourth-order valence-corrected chi connectivity index (χ4v) is 13.9. The van der Waals surface area contributed by atoms with Crippen LogP contribution in [0.4, 0.5) is 0 Å². The topological polar surface area (TPSA) is 81.0 Å². The van der Waals surface area contributed by atoms with Crippen molar-refractivity contribution in [3.05, 3.63) is 150 Å². The zero-order valence-electron chi connectivity index (χ0n) is 43.7. The number of fused-ring (bicyclic) bond motifs is 3. The van der Waals surface area contributed by atoms with Crippen LogP contribution in [0.25, 0.3) is 67.7 Å². The predicted octanol–water partition coefficient (Wildman–Crippen LogP) is 17.1. The Morgan fingerprint density at radius 3 is 1.35 bits per heavy atom. The molecule has 0 amide bonds. The highest BCUT2D eigenvalue weighted by atomic mass is 16.5. The second-order valence-electron chi connectivity index (χ2n) is 21.8. The van der Waals surface area contributed by atoms with E-state index in [4.69, 9.17) is 24.7 Å². The number of unbranched alkanes of at least 4 members (excludes halogenated alkanes) is 4. The molecule has 3 aliphatic rings. The molecule has 1 N–H and O–H groups in total. The van der Waals surface area contributed by atoms with Crippen molar-refractivity contribution in [1.29, 1.82) is 0 Å². The molecule has 0 aliphatic heterocycles. The molecule has 2 heterocycles. The Morgan fingerprint density at radius 2 is 0.903 bits per heavy atom. The third-order valence-electron chi connectivity index (χ3n) is 17.6. The average molecular weight is 957 g/mol. The molecule has 3 aliphatic carbocycles. The zero-order chi connectivity index (χ0) is 49.7. The fourth-order valence-electron chi connectivity index (χ4n) is 13.9. The molecule has 0 radical (unpaired) electrons. The average Bonchev–Trinajstić information content (AvgIpc) is 3.44. The molecule has 2 aromatic heterocycles. The van der Waals surface area contributed by atoms with Gasteiger partial charge in [0.2, 0.25) is 0 Å². The van der Waals surface area contributed by atoms with Gasteiger partial charge in [-0.2, -0.15) is 0 Å². The lowest BCUT2D eigenvalue weighted by Crippen LogP contribution is -2.62. The van der Waals surface area contributed by atoms with Gasteiger partial charge in [-0.1, -0.05) is 184 Å². The Hall–Kier alpha value is -5.98. The lowest BCUT2D eigenvalue weighted by atomic mass is 9.37. The third kappa shape index (κ3) is 9.57. The minimum atomic E-state index is -0.0230. The second-order valence-corrected chi connectivity index (χ2v) is 21.8. The minimum absolute atomic E-state index is 0.0230. The smallest absolute Gasteiger partial charge is 0.165 e. The predicted molar refractivity (Wildman–Crippen MR) is 297 cm³/mol. The number of aliphatic hydroxyl groups excluding tert-OH is 1. The van der Waals surface area contributed by atoms with E-state index in [9.17, 15) is 5.11 Å². The van der Waals surface area contributed by atoms with Crippen molar-refractivity contribution < 1.29 is 9.84 Å². The van der Waals surface area contributed by atoms with E-state index >= 15 is 0 Å². The molecule has 7 aromatic rings. The maximum absolute atomic E-state index is 9.77. The van der Waals surface area contributed by atoms with Crippen LogP contribution in [-0.2, 0) is 17.4 Å². The number of hydrogen-bond acceptors (Lipinski definition) is 6. The van der Waals surface area contributed by atoms with Crippen LogP contribution in [0.1, 0.15) is 147 Å². The van der Waals surface area contributed by atoms with Crippen molar-refractivity contribution in [3.63, 3.8) is 0 Å². The fraction of sp³-hybridized carbons (Fsp3) is 0.424. The molecule has 0 bridgehead atoms. The summed E-state index contributed by atoms with van der Waals surface area (Å²) in [5.41, 5.74) is 14.4. The zero-order valence-corrected chi connectivity index (χ0v) is 43.7. The summed E-state index contributed by atoms with van der Waals surface area (Å²) in [5.74, 6) is 5.38. The van der Waals surface area contributed by atoms with Crippen LogP contribution in [0.2, 0.25) is 0 Å². The van der Waals surface area contributed by atoms with Crippen molar-refractivity contribution in [2.45, 2.75) is 148 Å². The highest BCUT2D eigenvalue weighted by Gasteiger charge is 2.64. The number of benzene rings is 5. The summed E-state index contributed by atoms with van der Waals surface area (Å²) in [6, 6.07) is 46.1. The van der Waals surface area contributed by atoms with E-state index in [2.05, 4.69) is 107 Å². The monoisotopic (exact) mass is 957 g/mol. The van der Waals surface area contributed by atoms with Gasteiger partial charge in [-0.15, -0.1) is 0 Å². The first-order valence-electron chi connectivity index (χ1n) is 27.8. The lowest BCUT2D eigenvalue weighted by Gasteiger charge is -2.67. The number of rotatable bonds is 19. The van der Waals surface area contributed by atoms with Gasteiger partial charge in [-0.05, 0) is 137 Å². The maximum atomic E-state index is 9.77. The van der Waals surface area contributed by atoms with Gasteiger partial charge in [0.05, 0.1) is 19.4 Å². The molecule has 5 aromatic carbocycles. The Labute approximate surface area is 430 Å². The Bertz CT molecular complexity index is 2810. The molecule has 6 heteroatoms. The molecular weight excluding hydrogens is 881 g/mol. The van der Waals surface area contributed by atoms with Crippen LogP contribution in [0.3, 0.4) is 0 Å². The van der Waals surface area contributed by atoms with Crippen LogP contribution in [0.15, 0.2) is 134 Å². The first-order chi connectivity index (χ1) is 35.3. The van der Waals surface area contributed by atoms with Gasteiger partial charge < -0.3 is 9.84 Å². The van der Waals surface area contributed by atoms with Crippen molar-refractivity contribution in [2.24, 2.45) is 23.7 Å². The normalized spacial score (nSPS) is 22.1. The van der Waals surface area contributed by atoms with Crippen molar-refractivity contribution in [3.8, 4) is 73.4 Å². The van der Waals surface area contributed by atoms with Crippen LogP contribution < -0.4 is 4.74 Å². The summed E-state index contributed by atoms with van der Waals surface area (Å²) in [7, 11) is 1.67. The highest BCUT2D eigenvalue weighted by Crippen LogP contribution is 2.71. The highest BCUT2D eigenvalue weighted by molar-refractivity contribution is 5.84. The summed E-state index contributed by atoms with van der Waals surface area (Å²) in [5, 5.41) is 9.77. The summed E-state index contributed by atoms with van der Waals surface area (Å²) in [6.07, 6.45) is 22.8. The van der Waals surface area contributed by atoms with Gasteiger partial charge in [-0.25, -0.2) is 15.0 Å². The number of nitrogens with zero attached hydrogens (tertiary/aromatic N) is 4. The van der Waals surface area contributed by atoms with Crippen molar-refractivity contribution in [1.82, 2.24) is 19.9 Å². The Kier molecular flexibility index (Phi) is 15.2. The summed E-state index contributed by atoms with van der Waals surface area (Å²) < 4.78 is 5.47. The van der Waals surface area contributed by atoms with Crippen molar-refractivity contribution in [2.75, 3.05) is 7.11 Å². The van der Waals surface area contributed by atoms with Gasteiger partial charge in [-0.3, -0.25) is 4.98 Å². The largest absolute Gasteiger partial charge is 0.497 e. The Morgan fingerprint density at radius 1 is 0.472 bits per heavy atom. The number of ether oxygens (including phenoxy) is 1. The molecule has 2 saturated carbocycles. The number of aromatic nitrogens is 4. The quantitative estimate of drug-likeness (QED) is 0.0870. The van der Waals surface area contributed by atoms with Crippen LogP contribution in [-0.4, -0.2) is 32.2 Å². The number of hydrogen-bond donors (Lipinski definition) is 1. The minimum Gasteiger partial charge on any atom is -0.497 e. The third-order valence-corrected chi connectivity index (χ3v) is 17.6. The van der Waals surface area contributed by atoms with E-state index in [1.54, 1.807) is 18.2 Å². The van der Waals surface area contributed by atoms with E-state index in [1.165, 1.54) is 131 Å². The molecular formula is C66H76N4O2.